The number of alkyl halides is 6. The molecule has 140 valence electrons. The number of hydrogen-bond donors (Lipinski definition) is 2. The summed E-state index contributed by atoms with van der Waals surface area (Å²) in [6.45, 7) is 14.6. The van der Waals surface area contributed by atoms with Crippen LogP contribution in [0.1, 0.15) is 41.5 Å². The first kappa shape index (κ1) is 29.2. The molecule has 0 aliphatic heterocycles. The molecular weight excluding hydrogens is 1000 g/mol. The van der Waals surface area contributed by atoms with Crippen LogP contribution in [0.5, 0.6) is 0 Å². The zero-order chi connectivity index (χ0) is 18.1. The first-order valence-electron chi connectivity index (χ1n) is 6.56. The molecule has 0 rings (SSSR count). The maximum absolute atomic E-state index is 5.58. The van der Waals surface area contributed by atoms with Crippen molar-refractivity contribution < 1.29 is 6.13 Å². The topological polar surface area (TPSA) is 18.5 Å². The van der Waals surface area contributed by atoms with Crippen molar-refractivity contribution in [3.63, 3.8) is 0 Å². The van der Waals surface area contributed by atoms with Crippen LogP contribution >= 0.6 is 148 Å². The first-order valence-corrected chi connectivity index (χ1v) is 21.6. The summed E-state index contributed by atoms with van der Waals surface area (Å²) in [7, 11) is 9.10. The second-order valence-corrected chi connectivity index (χ2v) is 29.2. The summed E-state index contributed by atoms with van der Waals surface area (Å²) < 4.78 is 12.9. The van der Waals surface area contributed by atoms with Crippen LogP contribution in [0, 0.1) is 0 Å². The molecule has 0 aromatic rings. The molecule has 0 saturated carbocycles. The van der Waals surface area contributed by atoms with Gasteiger partial charge in [0.2, 0.25) is 0 Å². The fourth-order valence-electron chi connectivity index (χ4n) is 0.677. The van der Waals surface area contributed by atoms with Crippen molar-refractivity contribution in [3.8, 4) is 0 Å². The van der Waals surface area contributed by atoms with Crippen molar-refractivity contribution in [2.24, 2.45) is 0 Å². The van der Waals surface area contributed by atoms with E-state index in [1.165, 1.54) is 0 Å². The Morgan fingerprint density at radius 1 is 0.864 bits per heavy atom. The summed E-state index contributed by atoms with van der Waals surface area (Å²) in [5.74, 6) is 0. The Labute approximate surface area is 214 Å². The fraction of sp³-hybridized carbons (Fsp3) is 1.00. The Morgan fingerprint density at radius 2 is 1.09 bits per heavy atom. The summed E-state index contributed by atoms with van der Waals surface area (Å²) in [4.78, 5) is 0. The summed E-state index contributed by atoms with van der Waals surface area (Å²) in [5, 5.41) is 0. The van der Waals surface area contributed by atoms with Crippen LogP contribution in [0.15, 0.2) is 0 Å². The Bertz CT molecular complexity index is 265. The molecule has 0 saturated heterocycles. The van der Waals surface area contributed by atoms with Gasteiger partial charge in [-0.15, -0.1) is 0 Å². The molecule has 0 radical (unpaired) electrons. The maximum atomic E-state index is 5.58. The van der Waals surface area contributed by atoms with Gasteiger partial charge < -0.3 is 0 Å². The minimum absolute atomic E-state index is 0.265. The average Bonchev–Trinajstić information content (AvgIpc) is 2.39. The van der Waals surface area contributed by atoms with Gasteiger partial charge in [0.05, 0.1) is 0 Å². The van der Waals surface area contributed by atoms with Crippen LogP contribution in [-0.4, -0.2) is 23.9 Å². The Balaban J connectivity index is 0. The molecule has 0 heterocycles. The molecule has 0 aromatic heterocycles. The Hall–Kier alpha value is 5.00. The SMILES string of the molecule is CCOI(S)C(C)(I)C(C)I.CCOI(S)C(C)(I)C(C)I. The van der Waals surface area contributed by atoms with Crippen LogP contribution in [-0.2, 0) is 6.13 Å². The van der Waals surface area contributed by atoms with Gasteiger partial charge in [-0.1, -0.05) is 0 Å². The van der Waals surface area contributed by atoms with E-state index in [-0.39, 0.29) is 2.86 Å². The van der Waals surface area contributed by atoms with Crippen LogP contribution in [0.4, 0.5) is 0 Å². The summed E-state index contributed by atoms with van der Waals surface area (Å²) >= 11 is 6.91. The Morgan fingerprint density at radius 3 is 1.23 bits per heavy atom. The number of halogens is 6. The van der Waals surface area contributed by atoms with Gasteiger partial charge in [0, 0.05) is 0 Å². The molecule has 0 aromatic carbocycles. The van der Waals surface area contributed by atoms with Gasteiger partial charge in [-0.3, -0.25) is 0 Å². The number of thiol groups is 2. The van der Waals surface area contributed by atoms with E-state index in [1.807, 2.05) is 13.8 Å². The van der Waals surface area contributed by atoms with Gasteiger partial charge in [-0.25, -0.2) is 0 Å². The molecule has 4 atom stereocenters. The zero-order valence-electron chi connectivity index (χ0n) is 13.5. The van der Waals surface area contributed by atoms with Crippen molar-refractivity contribution in [2.45, 2.75) is 52.2 Å². The quantitative estimate of drug-likeness (QED) is 0.145. The molecular formula is C12H26I6O2S2. The molecule has 22 heavy (non-hydrogen) atoms. The minimum atomic E-state index is -1.46. The molecule has 0 N–H and O–H groups in total. The molecule has 10 heteroatoms. The molecule has 0 spiro atoms. The second kappa shape index (κ2) is 14.9. The summed E-state index contributed by atoms with van der Waals surface area (Å²) in [6.07, 6.45) is 0. The molecule has 0 aliphatic rings. The third-order valence-electron chi connectivity index (χ3n) is 2.45. The van der Waals surface area contributed by atoms with Crippen LogP contribution in [0.25, 0.3) is 0 Å². The van der Waals surface area contributed by atoms with Crippen molar-refractivity contribution in [1.82, 2.24) is 0 Å². The molecule has 0 bridgehead atoms. The van der Waals surface area contributed by atoms with Crippen LogP contribution in [0.2, 0.25) is 0 Å². The van der Waals surface area contributed by atoms with E-state index in [0.29, 0.717) is 7.85 Å². The van der Waals surface area contributed by atoms with Gasteiger partial charge >= 0.3 is 219 Å². The second-order valence-electron chi connectivity index (χ2n) is 4.40. The van der Waals surface area contributed by atoms with E-state index in [9.17, 15) is 0 Å². The van der Waals surface area contributed by atoms with Gasteiger partial charge in [-0.05, 0) is 0 Å². The molecule has 2 nitrogen and oxygen atoms in total. The molecule has 0 amide bonds. The van der Waals surface area contributed by atoms with E-state index in [1.54, 1.807) is 0 Å². The fourth-order valence-corrected chi connectivity index (χ4v) is 14.8. The number of hydrogen-bond acceptors (Lipinski definition) is 4. The third-order valence-corrected chi connectivity index (χ3v) is 34.8. The van der Waals surface area contributed by atoms with Crippen molar-refractivity contribution in [2.75, 3.05) is 13.2 Å². The predicted molar refractivity (Wildman–Crippen MR) is 161 cm³/mol. The van der Waals surface area contributed by atoms with Gasteiger partial charge in [0.1, 0.15) is 0 Å². The molecule has 0 aliphatic carbocycles. The van der Waals surface area contributed by atoms with E-state index in [2.05, 4.69) is 138 Å². The van der Waals surface area contributed by atoms with Crippen molar-refractivity contribution >= 4 is 148 Å². The summed E-state index contributed by atoms with van der Waals surface area (Å²) in [6, 6.07) is 0. The zero-order valence-corrected chi connectivity index (χ0v) is 28.3. The average molecular weight is 1030 g/mol. The summed E-state index contributed by atoms with van der Waals surface area (Å²) in [5.41, 5.74) is 0. The third kappa shape index (κ3) is 11.8. The van der Waals surface area contributed by atoms with E-state index in [0.717, 1.165) is 13.2 Å². The van der Waals surface area contributed by atoms with Crippen LogP contribution < -0.4 is 0 Å². The normalized spacial score (nSPS) is 20.7. The molecule has 4 unspecified atom stereocenters. The Kier molecular flexibility index (Phi) is 19.8. The first-order chi connectivity index (χ1) is 9.85. The number of rotatable bonds is 8. The van der Waals surface area contributed by atoms with Gasteiger partial charge in [0.15, 0.2) is 0 Å². The van der Waals surface area contributed by atoms with Crippen molar-refractivity contribution in [3.05, 3.63) is 0 Å². The van der Waals surface area contributed by atoms with E-state index >= 15 is 0 Å². The molecule has 0 fully saturated rings. The van der Waals surface area contributed by atoms with Crippen LogP contribution in [0.3, 0.4) is 0 Å². The van der Waals surface area contributed by atoms with Gasteiger partial charge in [-0.2, -0.15) is 0 Å². The van der Waals surface area contributed by atoms with E-state index < -0.39 is 37.7 Å². The van der Waals surface area contributed by atoms with Crippen molar-refractivity contribution in [1.29, 1.82) is 0 Å². The predicted octanol–water partition coefficient (Wildman–Crippen LogP) is 8.53. The monoisotopic (exact) mass is 1030 g/mol. The van der Waals surface area contributed by atoms with Gasteiger partial charge in [0.25, 0.3) is 0 Å². The van der Waals surface area contributed by atoms with E-state index in [4.69, 9.17) is 6.13 Å². The standard InChI is InChI=1S/2C6H13I3OS/c2*1-4-10-9(11)6(3,8)5(2)7/h2*5,11H,4H2,1-3H3.